The summed E-state index contributed by atoms with van der Waals surface area (Å²) in [4.78, 5) is 36.5. The van der Waals surface area contributed by atoms with E-state index in [4.69, 9.17) is 9.84 Å². The highest BCUT2D eigenvalue weighted by atomic mass is 16.5. The number of carbonyl (C=O) groups is 2. The summed E-state index contributed by atoms with van der Waals surface area (Å²) in [6, 6.07) is 16.1. The van der Waals surface area contributed by atoms with Crippen molar-refractivity contribution >= 4 is 22.7 Å². The lowest BCUT2D eigenvalue weighted by Crippen LogP contribution is -2.29. The van der Waals surface area contributed by atoms with Crippen molar-refractivity contribution in [2.24, 2.45) is 0 Å². The Morgan fingerprint density at radius 3 is 2.23 bits per heavy atom. The normalized spacial score (nSPS) is 10.7. The molecule has 1 aromatic heterocycles. The second-order valence-electron chi connectivity index (χ2n) is 5.73. The number of carbonyl (C=O) groups excluding carboxylic acids is 1. The largest absolute Gasteiger partial charge is 0.481 e. The van der Waals surface area contributed by atoms with Gasteiger partial charge in [-0.25, -0.2) is 4.79 Å². The summed E-state index contributed by atoms with van der Waals surface area (Å²) < 4.78 is 6.10. The quantitative estimate of drug-likeness (QED) is 0.714. The number of ether oxygens (including phenoxy) is 1. The fourth-order valence-electron chi connectivity index (χ4n) is 3.02. The van der Waals surface area contributed by atoms with Gasteiger partial charge in [0, 0.05) is 17.5 Å². The van der Waals surface area contributed by atoms with E-state index in [1.807, 2.05) is 30.3 Å². The van der Waals surface area contributed by atoms with Crippen molar-refractivity contribution in [3.8, 4) is 11.1 Å². The first-order chi connectivity index (χ1) is 12.5. The number of carboxylic acid groups (broad SMARTS) is 1. The van der Waals surface area contributed by atoms with Gasteiger partial charge in [0.2, 0.25) is 0 Å². The SMILES string of the molecule is COC(=O)c1c(-c2ccccc2)c2ccccc2c(=O)n1CCC(=O)O. The Labute approximate surface area is 149 Å². The van der Waals surface area contributed by atoms with Crippen molar-refractivity contribution in [1.82, 2.24) is 4.57 Å². The molecule has 3 aromatic rings. The molecule has 2 aromatic carbocycles. The molecule has 0 radical (unpaired) electrons. The summed E-state index contributed by atoms with van der Waals surface area (Å²) in [6.07, 6.45) is -0.281. The maximum Gasteiger partial charge on any atom is 0.355 e. The molecule has 0 aliphatic rings. The fraction of sp³-hybridized carbons (Fsp3) is 0.150. The van der Waals surface area contributed by atoms with Gasteiger partial charge >= 0.3 is 11.9 Å². The third-order valence-corrected chi connectivity index (χ3v) is 4.17. The number of hydrogen-bond donors (Lipinski definition) is 1. The van der Waals surface area contributed by atoms with Crippen molar-refractivity contribution in [3.05, 3.63) is 70.6 Å². The number of fused-ring (bicyclic) bond motifs is 1. The summed E-state index contributed by atoms with van der Waals surface area (Å²) in [6.45, 7) is -0.122. The monoisotopic (exact) mass is 351 g/mol. The van der Waals surface area contributed by atoms with Gasteiger partial charge in [0.05, 0.1) is 13.5 Å². The van der Waals surface area contributed by atoms with Gasteiger partial charge in [0.1, 0.15) is 5.69 Å². The van der Waals surface area contributed by atoms with E-state index in [1.165, 1.54) is 11.7 Å². The minimum atomic E-state index is -1.05. The Bertz CT molecular complexity index is 1040. The van der Waals surface area contributed by atoms with Crippen LogP contribution in [-0.2, 0) is 16.1 Å². The predicted molar refractivity (Wildman–Crippen MR) is 97.2 cm³/mol. The van der Waals surface area contributed by atoms with E-state index in [0.29, 0.717) is 16.3 Å². The van der Waals surface area contributed by atoms with Crippen LogP contribution in [0.3, 0.4) is 0 Å². The van der Waals surface area contributed by atoms with Crippen molar-refractivity contribution in [2.75, 3.05) is 7.11 Å². The number of rotatable bonds is 5. The zero-order valence-electron chi connectivity index (χ0n) is 14.1. The first-order valence-electron chi connectivity index (χ1n) is 8.05. The van der Waals surface area contributed by atoms with Gasteiger partial charge < -0.3 is 14.4 Å². The van der Waals surface area contributed by atoms with Gasteiger partial charge in [0.15, 0.2) is 0 Å². The van der Waals surface area contributed by atoms with Gasteiger partial charge in [-0.3, -0.25) is 9.59 Å². The fourth-order valence-corrected chi connectivity index (χ4v) is 3.02. The number of aliphatic carboxylic acids is 1. The molecule has 0 aliphatic heterocycles. The molecule has 1 N–H and O–H groups in total. The van der Waals surface area contributed by atoms with Gasteiger partial charge in [-0.05, 0) is 17.0 Å². The lowest BCUT2D eigenvalue weighted by Gasteiger charge is -2.18. The molecule has 0 spiro atoms. The van der Waals surface area contributed by atoms with Crippen molar-refractivity contribution < 1.29 is 19.4 Å². The number of hydrogen-bond acceptors (Lipinski definition) is 4. The molecule has 1 heterocycles. The molecular weight excluding hydrogens is 334 g/mol. The summed E-state index contributed by atoms with van der Waals surface area (Å²) in [7, 11) is 1.23. The van der Waals surface area contributed by atoms with E-state index < -0.39 is 17.5 Å². The van der Waals surface area contributed by atoms with Gasteiger partial charge in [-0.1, -0.05) is 48.5 Å². The van der Waals surface area contributed by atoms with E-state index in [-0.39, 0.29) is 18.7 Å². The highest BCUT2D eigenvalue weighted by Crippen LogP contribution is 2.31. The number of nitrogens with zero attached hydrogens (tertiary/aromatic N) is 1. The number of aromatic nitrogens is 1. The lowest BCUT2D eigenvalue weighted by molar-refractivity contribution is -0.137. The molecule has 0 atom stereocenters. The molecule has 0 fully saturated rings. The molecule has 0 bridgehead atoms. The van der Waals surface area contributed by atoms with Crippen LogP contribution in [0.1, 0.15) is 16.9 Å². The number of esters is 1. The average molecular weight is 351 g/mol. The molecular formula is C20H17NO5. The molecule has 0 saturated carbocycles. The van der Waals surface area contributed by atoms with Gasteiger partial charge in [0.25, 0.3) is 5.56 Å². The number of methoxy groups -OCH3 is 1. The van der Waals surface area contributed by atoms with Crippen LogP contribution in [-0.4, -0.2) is 28.7 Å². The summed E-state index contributed by atoms with van der Waals surface area (Å²) in [5, 5.41) is 10.1. The summed E-state index contributed by atoms with van der Waals surface area (Å²) in [5.41, 5.74) is 0.941. The van der Waals surface area contributed by atoms with Crippen LogP contribution < -0.4 is 5.56 Å². The highest BCUT2D eigenvalue weighted by molar-refractivity contribution is 6.06. The molecule has 6 heteroatoms. The third kappa shape index (κ3) is 3.09. The molecule has 0 saturated heterocycles. The second-order valence-corrected chi connectivity index (χ2v) is 5.73. The smallest absolute Gasteiger partial charge is 0.355 e. The molecule has 26 heavy (non-hydrogen) atoms. The molecule has 0 amide bonds. The molecule has 3 rings (SSSR count). The molecule has 132 valence electrons. The third-order valence-electron chi connectivity index (χ3n) is 4.17. The Morgan fingerprint density at radius 1 is 1.00 bits per heavy atom. The Morgan fingerprint density at radius 2 is 1.62 bits per heavy atom. The van der Waals surface area contributed by atoms with Crippen molar-refractivity contribution in [3.63, 3.8) is 0 Å². The Kier molecular flexibility index (Phi) is 4.84. The van der Waals surface area contributed by atoms with E-state index >= 15 is 0 Å². The summed E-state index contributed by atoms with van der Waals surface area (Å²) in [5.74, 6) is -1.74. The first kappa shape index (κ1) is 17.4. The topological polar surface area (TPSA) is 85.6 Å². The van der Waals surface area contributed by atoms with Crippen LogP contribution in [0.25, 0.3) is 21.9 Å². The van der Waals surface area contributed by atoms with Crippen molar-refractivity contribution in [2.45, 2.75) is 13.0 Å². The number of benzene rings is 2. The zero-order chi connectivity index (χ0) is 18.7. The Balaban J connectivity index is 2.45. The number of pyridine rings is 1. The van der Waals surface area contributed by atoms with E-state index in [1.54, 1.807) is 24.3 Å². The van der Waals surface area contributed by atoms with Crippen molar-refractivity contribution in [1.29, 1.82) is 0 Å². The van der Waals surface area contributed by atoms with Crippen LogP contribution in [0, 0.1) is 0 Å². The van der Waals surface area contributed by atoms with Gasteiger partial charge in [-0.15, -0.1) is 0 Å². The minimum absolute atomic E-state index is 0.0589. The van der Waals surface area contributed by atoms with Crippen LogP contribution in [0.15, 0.2) is 59.4 Å². The van der Waals surface area contributed by atoms with Crippen LogP contribution >= 0.6 is 0 Å². The highest BCUT2D eigenvalue weighted by Gasteiger charge is 2.24. The van der Waals surface area contributed by atoms with E-state index in [2.05, 4.69) is 0 Å². The van der Waals surface area contributed by atoms with Crippen LogP contribution in [0.2, 0.25) is 0 Å². The maximum atomic E-state index is 12.9. The maximum absolute atomic E-state index is 12.9. The summed E-state index contributed by atoms with van der Waals surface area (Å²) >= 11 is 0. The number of carboxylic acids is 1. The minimum Gasteiger partial charge on any atom is -0.481 e. The zero-order valence-corrected chi connectivity index (χ0v) is 14.1. The van der Waals surface area contributed by atoms with E-state index in [9.17, 15) is 14.4 Å². The predicted octanol–water partition coefficient (Wildman–Crippen LogP) is 2.93. The van der Waals surface area contributed by atoms with E-state index in [0.717, 1.165) is 5.56 Å². The molecule has 0 unspecified atom stereocenters. The molecule has 0 aliphatic carbocycles. The average Bonchev–Trinajstić information content (AvgIpc) is 2.67. The van der Waals surface area contributed by atoms with Crippen LogP contribution in [0.5, 0.6) is 0 Å². The first-order valence-corrected chi connectivity index (χ1v) is 8.05. The lowest BCUT2D eigenvalue weighted by atomic mass is 9.96. The Hall–Kier alpha value is -3.41. The van der Waals surface area contributed by atoms with Gasteiger partial charge in [-0.2, -0.15) is 0 Å². The second kappa shape index (κ2) is 7.23. The standard InChI is InChI=1S/C20H17NO5/c1-26-20(25)18-17(13-7-3-2-4-8-13)14-9-5-6-10-15(14)19(24)21(18)12-11-16(22)23/h2-10H,11-12H2,1H3,(H,22,23). The molecule has 6 nitrogen and oxygen atoms in total. The van der Waals surface area contributed by atoms with Crippen LogP contribution in [0.4, 0.5) is 0 Å².